The standard InChI is InChI=1S/C17H27N5O6/c1-17(2,3)28-16(26)20-7-6-10(8-20)13(23)18-19-14(24)12-5-4-11-9-21(12)15(25)22(11)27/h10-12,27H,4-9H2,1-3H3,(H,18,23)(H,19,24)/t10-,11?,12+/m1/s1. The molecule has 3 N–H and O–H groups in total. The summed E-state index contributed by atoms with van der Waals surface area (Å²) in [5.74, 6) is -1.35. The molecule has 3 heterocycles. The second kappa shape index (κ2) is 7.46. The molecule has 156 valence electrons. The van der Waals surface area contributed by atoms with Crippen LogP contribution >= 0.6 is 0 Å². The SMILES string of the molecule is CC(C)(C)OC(=O)N1CC[C@@H](C(=O)NNC(=O)[C@@H]2CCC3CN2C(=O)N3O)C1. The molecule has 0 aliphatic carbocycles. The summed E-state index contributed by atoms with van der Waals surface area (Å²) in [7, 11) is 0. The number of rotatable bonds is 2. The van der Waals surface area contributed by atoms with Crippen LogP contribution in [-0.2, 0) is 14.3 Å². The Morgan fingerprint density at radius 3 is 2.43 bits per heavy atom. The Morgan fingerprint density at radius 2 is 1.75 bits per heavy atom. The molecule has 3 rings (SSSR count). The molecule has 0 saturated carbocycles. The van der Waals surface area contributed by atoms with Crippen LogP contribution in [0.3, 0.4) is 0 Å². The lowest BCUT2D eigenvalue weighted by molar-refractivity contribution is -0.133. The smallest absolute Gasteiger partial charge is 0.410 e. The quantitative estimate of drug-likeness (QED) is 0.446. The van der Waals surface area contributed by atoms with Gasteiger partial charge in [-0.15, -0.1) is 0 Å². The number of hydrogen-bond acceptors (Lipinski definition) is 6. The first kappa shape index (κ1) is 20.2. The largest absolute Gasteiger partial charge is 0.444 e. The van der Waals surface area contributed by atoms with E-state index in [9.17, 15) is 24.4 Å². The molecule has 3 saturated heterocycles. The van der Waals surface area contributed by atoms with Crippen molar-refractivity contribution >= 4 is 23.9 Å². The van der Waals surface area contributed by atoms with E-state index < -0.39 is 41.5 Å². The molecule has 3 aliphatic rings. The van der Waals surface area contributed by atoms with Gasteiger partial charge in [0.1, 0.15) is 11.6 Å². The van der Waals surface area contributed by atoms with E-state index in [0.29, 0.717) is 30.9 Å². The van der Waals surface area contributed by atoms with Gasteiger partial charge in [-0.25, -0.2) is 14.7 Å². The minimum Gasteiger partial charge on any atom is -0.444 e. The first-order valence-corrected chi connectivity index (χ1v) is 9.43. The van der Waals surface area contributed by atoms with Crippen LogP contribution < -0.4 is 10.9 Å². The molecule has 0 spiro atoms. The fourth-order valence-corrected chi connectivity index (χ4v) is 3.70. The Hall–Kier alpha value is -2.56. The number of piperidine rings is 1. The van der Waals surface area contributed by atoms with Gasteiger partial charge >= 0.3 is 12.1 Å². The van der Waals surface area contributed by atoms with E-state index in [1.807, 2.05) is 0 Å². The van der Waals surface area contributed by atoms with Crippen molar-refractivity contribution < 1.29 is 29.1 Å². The molecular formula is C17H27N5O6. The Bertz CT molecular complexity index is 677. The normalized spacial score (nSPS) is 27.1. The van der Waals surface area contributed by atoms with Gasteiger partial charge in [-0.2, -0.15) is 0 Å². The van der Waals surface area contributed by atoms with Crippen molar-refractivity contribution in [1.82, 2.24) is 25.7 Å². The number of fused-ring (bicyclic) bond motifs is 2. The van der Waals surface area contributed by atoms with Gasteiger partial charge in [0.25, 0.3) is 5.91 Å². The zero-order valence-corrected chi connectivity index (χ0v) is 16.3. The zero-order chi connectivity index (χ0) is 20.6. The minimum absolute atomic E-state index is 0.214. The van der Waals surface area contributed by atoms with Crippen LogP contribution in [0.4, 0.5) is 9.59 Å². The molecule has 11 heteroatoms. The number of ether oxygens (including phenoxy) is 1. The van der Waals surface area contributed by atoms with Gasteiger partial charge in [0, 0.05) is 19.6 Å². The lowest BCUT2D eigenvalue weighted by atomic mass is 10.0. The first-order valence-electron chi connectivity index (χ1n) is 9.43. The van der Waals surface area contributed by atoms with Crippen LogP contribution in [-0.4, -0.2) is 81.3 Å². The summed E-state index contributed by atoms with van der Waals surface area (Å²) in [5, 5.41) is 10.3. The summed E-state index contributed by atoms with van der Waals surface area (Å²) in [4.78, 5) is 51.5. The molecule has 3 atom stereocenters. The average Bonchev–Trinajstić information content (AvgIpc) is 3.19. The second-order valence-corrected chi connectivity index (χ2v) is 8.42. The second-order valence-electron chi connectivity index (χ2n) is 8.42. The van der Waals surface area contributed by atoms with E-state index >= 15 is 0 Å². The monoisotopic (exact) mass is 397 g/mol. The summed E-state index contributed by atoms with van der Waals surface area (Å²) in [5.41, 5.74) is 4.14. The molecule has 3 aliphatic heterocycles. The van der Waals surface area contributed by atoms with Gasteiger partial charge in [0.05, 0.1) is 12.0 Å². The number of nitrogens with one attached hydrogen (secondary N) is 2. The van der Waals surface area contributed by atoms with E-state index in [1.54, 1.807) is 20.8 Å². The number of hydrogen-bond donors (Lipinski definition) is 3. The Kier molecular flexibility index (Phi) is 5.37. The van der Waals surface area contributed by atoms with Crippen LogP contribution in [0.25, 0.3) is 0 Å². The van der Waals surface area contributed by atoms with Gasteiger partial charge in [-0.1, -0.05) is 0 Å². The summed E-state index contributed by atoms with van der Waals surface area (Å²) >= 11 is 0. The first-order chi connectivity index (χ1) is 13.1. The van der Waals surface area contributed by atoms with E-state index in [1.165, 1.54) is 9.80 Å². The molecule has 0 aromatic rings. The Labute approximate surface area is 162 Å². The molecule has 3 fully saturated rings. The van der Waals surface area contributed by atoms with Crippen molar-refractivity contribution in [3.63, 3.8) is 0 Å². The maximum absolute atomic E-state index is 12.4. The molecule has 2 bridgehead atoms. The summed E-state index contributed by atoms with van der Waals surface area (Å²) < 4.78 is 5.30. The fourth-order valence-electron chi connectivity index (χ4n) is 3.70. The maximum Gasteiger partial charge on any atom is 0.410 e. The number of likely N-dealkylation sites (tertiary alicyclic amines) is 1. The van der Waals surface area contributed by atoms with E-state index in [-0.39, 0.29) is 19.1 Å². The maximum atomic E-state index is 12.4. The van der Waals surface area contributed by atoms with Gasteiger partial charge < -0.3 is 14.5 Å². The molecule has 0 aromatic heterocycles. The molecule has 1 unspecified atom stereocenters. The van der Waals surface area contributed by atoms with Gasteiger partial charge in [0.15, 0.2) is 0 Å². The van der Waals surface area contributed by atoms with Crippen molar-refractivity contribution in [1.29, 1.82) is 0 Å². The molecule has 11 nitrogen and oxygen atoms in total. The highest BCUT2D eigenvalue weighted by molar-refractivity contribution is 5.90. The minimum atomic E-state index is -0.733. The van der Waals surface area contributed by atoms with Crippen LogP contribution in [0, 0.1) is 5.92 Å². The van der Waals surface area contributed by atoms with Gasteiger partial charge in [-0.05, 0) is 40.0 Å². The lowest BCUT2D eigenvalue weighted by Crippen LogP contribution is -2.55. The Balaban J connectivity index is 1.46. The third-order valence-corrected chi connectivity index (χ3v) is 5.17. The van der Waals surface area contributed by atoms with E-state index in [2.05, 4.69) is 10.9 Å². The highest BCUT2D eigenvalue weighted by Gasteiger charge is 2.47. The summed E-state index contributed by atoms with van der Waals surface area (Å²) in [6.45, 7) is 6.22. The number of urea groups is 1. The van der Waals surface area contributed by atoms with Crippen LogP contribution in [0.5, 0.6) is 0 Å². The van der Waals surface area contributed by atoms with Crippen molar-refractivity contribution in [2.75, 3.05) is 19.6 Å². The van der Waals surface area contributed by atoms with Crippen LogP contribution in [0.1, 0.15) is 40.0 Å². The van der Waals surface area contributed by atoms with E-state index in [0.717, 1.165) is 0 Å². The van der Waals surface area contributed by atoms with Crippen molar-refractivity contribution in [2.24, 2.45) is 5.92 Å². The predicted molar refractivity (Wildman–Crippen MR) is 94.7 cm³/mol. The predicted octanol–water partition coefficient (Wildman–Crippen LogP) is 0.0486. The molecule has 0 aromatic carbocycles. The lowest BCUT2D eigenvalue weighted by Gasteiger charge is -2.29. The number of carbonyl (C=O) groups excluding carboxylic acids is 4. The average molecular weight is 397 g/mol. The zero-order valence-electron chi connectivity index (χ0n) is 16.3. The van der Waals surface area contributed by atoms with Crippen LogP contribution in [0.2, 0.25) is 0 Å². The highest BCUT2D eigenvalue weighted by atomic mass is 16.6. The van der Waals surface area contributed by atoms with Gasteiger partial charge in [-0.3, -0.25) is 25.6 Å². The van der Waals surface area contributed by atoms with E-state index in [4.69, 9.17) is 4.74 Å². The summed E-state index contributed by atoms with van der Waals surface area (Å²) in [6.07, 6.45) is 0.920. The molecular weight excluding hydrogens is 370 g/mol. The molecule has 5 amide bonds. The fraction of sp³-hybridized carbons (Fsp3) is 0.765. The topological polar surface area (TPSA) is 132 Å². The van der Waals surface area contributed by atoms with Crippen molar-refractivity contribution in [3.05, 3.63) is 0 Å². The molecule has 28 heavy (non-hydrogen) atoms. The summed E-state index contributed by atoms with van der Waals surface area (Å²) in [6, 6.07) is -1.62. The number of carbonyl (C=O) groups is 4. The number of hydrazine groups is 1. The van der Waals surface area contributed by atoms with Crippen molar-refractivity contribution in [2.45, 2.75) is 57.7 Å². The number of amides is 5. The third kappa shape index (κ3) is 4.13. The number of hydroxylamine groups is 2. The third-order valence-electron chi connectivity index (χ3n) is 5.17. The highest BCUT2D eigenvalue weighted by Crippen LogP contribution is 2.28. The number of nitrogens with zero attached hydrogens (tertiary/aromatic N) is 3. The van der Waals surface area contributed by atoms with Gasteiger partial charge in [0.2, 0.25) is 5.91 Å². The van der Waals surface area contributed by atoms with Crippen LogP contribution in [0.15, 0.2) is 0 Å². The Morgan fingerprint density at radius 1 is 1.07 bits per heavy atom. The van der Waals surface area contributed by atoms with Crippen molar-refractivity contribution in [3.8, 4) is 0 Å². The molecule has 0 radical (unpaired) electrons.